The van der Waals surface area contributed by atoms with Crippen LogP contribution in [0.3, 0.4) is 0 Å². The molecule has 1 heterocycles. The van der Waals surface area contributed by atoms with Gasteiger partial charge in [-0.1, -0.05) is 0 Å². The molecule has 0 bridgehead atoms. The molecular weight excluding hydrogens is 249 g/mol. The Balaban J connectivity index is 2.56. The molecule has 0 aromatic rings. The standard InChI is InChI=1S/C11H17F3N2O2/c1-3-16(8(2)17)9-4-6-15(7-5-9)10(18)11(12,13)14/h9H,3-7H2,1-2H3. The maximum Gasteiger partial charge on any atom is 0.471 e. The van der Waals surface area contributed by atoms with Crippen LogP contribution in [0.1, 0.15) is 26.7 Å². The summed E-state index contributed by atoms with van der Waals surface area (Å²) >= 11 is 0. The minimum atomic E-state index is -4.81. The number of nitrogens with zero attached hydrogens (tertiary/aromatic N) is 2. The Bertz CT molecular complexity index is 323. The number of carbonyl (C=O) groups excluding carboxylic acids is 2. The molecule has 1 aliphatic heterocycles. The van der Waals surface area contributed by atoms with Crippen LogP contribution in [0.5, 0.6) is 0 Å². The molecule has 1 rings (SSSR count). The van der Waals surface area contributed by atoms with Crippen molar-refractivity contribution in [1.29, 1.82) is 0 Å². The van der Waals surface area contributed by atoms with Gasteiger partial charge in [0.15, 0.2) is 0 Å². The van der Waals surface area contributed by atoms with Gasteiger partial charge in [0.2, 0.25) is 5.91 Å². The normalized spacial score (nSPS) is 17.7. The fourth-order valence-corrected chi connectivity index (χ4v) is 2.30. The van der Waals surface area contributed by atoms with Crippen LogP contribution in [-0.4, -0.2) is 53.5 Å². The quantitative estimate of drug-likeness (QED) is 0.758. The van der Waals surface area contributed by atoms with Gasteiger partial charge in [-0.15, -0.1) is 0 Å². The lowest BCUT2D eigenvalue weighted by Gasteiger charge is -2.37. The molecule has 2 amide bonds. The van der Waals surface area contributed by atoms with E-state index in [1.807, 2.05) is 6.92 Å². The van der Waals surface area contributed by atoms with E-state index in [-0.39, 0.29) is 25.0 Å². The van der Waals surface area contributed by atoms with E-state index < -0.39 is 12.1 Å². The lowest BCUT2D eigenvalue weighted by atomic mass is 10.0. The lowest BCUT2D eigenvalue weighted by Crippen LogP contribution is -2.51. The van der Waals surface area contributed by atoms with Crippen molar-refractivity contribution in [3.8, 4) is 0 Å². The average Bonchev–Trinajstić information content (AvgIpc) is 2.28. The van der Waals surface area contributed by atoms with E-state index >= 15 is 0 Å². The van der Waals surface area contributed by atoms with E-state index in [2.05, 4.69) is 0 Å². The first-order valence-electron chi connectivity index (χ1n) is 5.90. The van der Waals surface area contributed by atoms with E-state index in [1.165, 1.54) is 6.92 Å². The molecule has 4 nitrogen and oxygen atoms in total. The number of likely N-dealkylation sites (tertiary alicyclic amines) is 1. The van der Waals surface area contributed by atoms with Crippen molar-refractivity contribution >= 4 is 11.8 Å². The third-order valence-electron chi connectivity index (χ3n) is 3.18. The molecule has 1 aliphatic rings. The van der Waals surface area contributed by atoms with Gasteiger partial charge < -0.3 is 9.80 Å². The van der Waals surface area contributed by atoms with E-state index in [0.29, 0.717) is 19.4 Å². The summed E-state index contributed by atoms with van der Waals surface area (Å²) in [5.74, 6) is -1.87. The zero-order valence-corrected chi connectivity index (χ0v) is 10.5. The number of carbonyl (C=O) groups is 2. The van der Waals surface area contributed by atoms with E-state index in [1.54, 1.807) is 4.90 Å². The van der Waals surface area contributed by atoms with Crippen molar-refractivity contribution in [2.75, 3.05) is 19.6 Å². The third kappa shape index (κ3) is 3.36. The highest BCUT2D eigenvalue weighted by molar-refractivity contribution is 5.82. The number of hydrogen-bond donors (Lipinski definition) is 0. The molecule has 1 saturated heterocycles. The van der Waals surface area contributed by atoms with Gasteiger partial charge in [0.25, 0.3) is 0 Å². The number of piperidine rings is 1. The second-order valence-corrected chi connectivity index (χ2v) is 4.33. The molecule has 0 aromatic heterocycles. The SMILES string of the molecule is CCN(C(C)=O)C1CCN(C(=O)C(F)(F)F)CC1. The first kappa shape index (κ1) is 14.8. The van der Waals surface area contributed by atoms with Crippen molar-refractivity contribution in [2.45, 2.75) is 38.9 Å². The van der Waals surface area contributed by atoms with E-state index in [4.69, 9.17) is 0 Å². The molecule has 0 aromatic carbocycles. The topological polar surface area (TPSA) is 40.6 Å². The number of amides is 2. The molecule has 0 atom stereocenters. The van der Waals surface area contributed by atoms with Gasteiger partial charge in [-0.05, 0) is 19.8 Å². The molecule has 1 fully saturated rings. The molecular formula is C11H17F3N2O2. The molecule has 104 valence electrons. The first-order chi connectivity index (χ1) is 8.27. The molecule has 0 unspecified atom stereocenters. The van der Waals surface area contributed by atoms with Crippen LogP contribution in [0.25, 0.3) is 0 Å². The third-order valence-corrected chi connectivity index (χ3v) is 3.18. The van der Waals surface area contributed by atoms with Gasteiger partial charge in [0, 0.05) is 32.6 Å². The Hall–Kier alpha value is -1.27. The second kappa shape index (κ2) is 5.58. The summed E-state index contributed by atoms with van der Waals surface area (Å²) in [5, 5.41) is 0. The van der Waals surface area contributed by atoms with E-state index in [9.17, 15) is 22.8 Å². The number of rotatable bonds is 2. The van der Waals surface area contributed by atoms with Crippen LogP contribution in [0.15, 0.2) is 0 Å². The predicted molar refractivity (Wildman–Crippen MR) is 58.7 cm³/mol. The van der Waals surface area contributed by atoms with Crippen molar-refractivity contribution in [3.63, 3.8) is 0 Å². The maximum atomic E-state index is 12.2. The Labute approximate surface area is 104 Å². The van der Waals surface area contributed by atoms with Gasteiger partial charge in [0.1, 0.15) is 0 Å². The van der Waals surface area contributed by atoms with Crippen molar-refractivity contribution in [3.05, 3.63) is 0 Å². The molecule has 18 heavy (non-hydrogen) atoms. The molecule has 7 heteroatoms. The fourth-order valence-electron chi connectivity index (χ4n) is 2.30. The van der Waals surface area contributed by atoms with Gasteiger partial charge in [-0.3, -0.25) is 9.59 Å². The summed E-state index contributed by atoms with van der Waals surface area (Å²) in [7, 11) is 0. The highest BCUT2D eigenvalue weighted by atomic mass is 19.4. The summed E-state index contributed by atoms with van der Waals surface area (Å²) in [4.78, 5) is 24.8. The van der Waals surface area contributed by atoms with Gasteiger partial charge in [0.05, 0.1) is 0 Å². The van der Waals surface area contributed by atoms with Gasteiger partial charge in [-0.2, -0.15) is 13.2 Å². The largest absolute Gasteiger partial charge is 0.471 e. The molecule has 0 N–H and O–H groups in total. The summed E-state index contributed by atoms with van der Waals surface area (Å²) in [5.41, 5.74) is 0. The predicted octanol–water partition coefficient (Wildman–Crippen LogP) is 1.41. The summed E-state index contributed by atoms with van der Waals surface area (Å²) < 4.78 is 36.7. The first-order valence-corrected chi connectivity index (χ1v) is 5.90. The van der Waals surface area contributed by atoms with Crippen molar-refractivity contribution in [2.24, 2.45) is 0 Å². The van der Waals surface area contributed by atoms with Crippen LogP contribution in [0.4, 0.5) is 13.2 Å². The highest BCUT2D eigenvalue weighted by Crippen LogP contribution is 2.23. The fraction of sp³-hybridized carbons (Fsp3) is 0.818. The summed E-state index contributed by atoms with van der Waals surface area (Å²) in [6.45, 7) is 3.90. The molecule has 0 radical (unpaired) electrons. The van der Waals surface area contributed by atoms with Gasteiger partial charge >= 0.3 is 12.1 Å². The Morgan fingerprint density at radius 2 is 1.78 bits per heavy atom. The minimum absolute atomic E-state index is 0.0484. The van der Waals surface area contributed by atoms with Crippen molar-refractivity contribution in [1.82, 2.24) is 9.80 Å². The number of hydrogen-bond acceptors (Lipinski definition) is 2. The van der Waals surface area contributed by atoms with Gasteiger partial charge in [-0.25, -0.2) is 0 Å². The Morgan fingerprint density at radius 1 is 1.28 bits per heavy atom. The maximum absolute atomic E-state index is 12.2. The monoisotopic (exact) mass is 266 g/mol. The Kier molecular flexibility index (Phi) is 4.59. The second-order valence-electron chi connectivity index (χ2n) is 4.33. The van der Waals surface area contributed by atoms with E-state index in [0.717, 1.165) is 4.90 Å². The van der Waals surface area contributed by atoms with Crippen LogP contribution < -0.4 is 0 Å². The van der Waals surface area contributed by atoms with Crippen LogP contribution in [0, 0.1) is 0 Å². The van der Waals surface area contributed by atoms with Crippen molar-refractivity contribution < 1.29 is 22.8 Å². The minimum Gasteiger partial charge on any atom is -0.340 e. The summed E-state index contributed by atoms with van der Waals surface area (Å²) in [6.07, 6.45) is -4.01. The summed E-state index contributed by atoms with van der Waals surface area (Å²) in [6, 6.07) is -0.0650. The zero-order valence-electron chi connectivity index (χ0n) is 10.5. The smallest absolute Gasteiger partial charge is 0.340 e. The molecule has 0 spiro atoms. The molecule has 0 aliphatic carbocycles. The average molecular weight is 266 g/mol. The lowest BCUT2D eigenvalue weighted by molar-refractivity contribution is -0.186. The molecule has 0 saturated carbocycles. The van der Waals surface area contributed by atoms with Crippen LogP contribution in [0.2, 0.25) is 0 Å². The highest BCUT2D eigenvalue weighted by Gasteiger charge is 2.43. The Morgan fingerprint density at radius 3 is 2.11 bits per heavy atom. The number of halogens is 3. The van der Waals surface area contributed by atoms with Crippen LogP contribution in [-0.2, 0) is 9.59 Å². The number of alkyl halides is 3. The van der Waals surface area contributed by atoms with Crippen LogP contribution >= 0.6 is 0 Å². The zero-order chi connectivity index (χ0) is 13.9.